The van der Waals surface area contributed by atoms with E-state index in [1.165, 1.54) is 44.1 Å². The fourth-order valence-corrected chi connectivity index (χ4v) is 10.3. The number of hydrogen-bond acceptors (Lipinski definition) is 2. The van der Waals surface area contributed by atoms with Crippen LogP contribution in [0.4, 0.5) is 0 Å². The fraction of sp³-hybridized carbons (Fsp3) is 0.0312. The third-order valence-corrected chi connectivity index (χ3v) is 13.5. The molecule has 68 heavy (non-hydrogen) atoms. The summed E-state index contributed by atoms with van der Waals surface area (Å²) in [6, 6.07) is 80.6. The molecule has 0 atom stereocenters. The molecule has 12 aromatic rings. The molecule has 0 bridgehead atoms. The molecule has 0 saturated heterocycles. The van der Waals surface area contributed by atoms with Crippen molar-refractivity contribution >= 4 is 49.2 Å². The molecule has 1 aliphatic rings. The summed E-state index contributed by atoms with van der Waals surface area (Å²) in [5.41, 5.74) is 18.3. The first-order valence-corrected chi connectivity index (χ1v) is 23.5. The molecule has 4 nitrogen and oxygen atoms in total. The summed E-state index contributed by atoms with van der Waals surface area (Å²) in [6.45, 7) is 0. The van der Waals surface area contributed by atoms with E-state index in [0.717, 1.165) is 91.1 Å². The van der Waals surface area contributed by atoms with Crippen LogP contribution in [-0.2, 0) is 0 Å². The molecule has 3 heterocycles. The highest BCUT2D eigenvalue weighted by atomic mass is 15.1. The Morgan fingerprint density at radius 2 is 0.779 bits per heavy atom. The van der Waals surface area contributed by atoms with E-state index in [1.54, 1.807) is 0 Å². The monoisotopic (exact) mass is 868 g/mol. The highest BCUT2D eigenvalue weighted by Crippen LogP contribution is 2.43. The molecule has 0 aliphatic heterocycles. The number of nitrogens with zero attached hydrogens (tertiary/aromatic N) is 4. The maximum atomic E-state index is 5.76. The van der Waals surface area contributed by atoms with Crippen molar-refractivity contribution in [1.29, 1.82) is 0 Å². The summed E-state index contributed by atoms with van der Waals surface area (Å²) >= 11 is 0. The van der Waals surface area contributed by atoms with Gasteiger partial charge < -0.3 is 4.57 Å². The number of fused-ring (bicyclic) bond motifs is 6. The van der Waals surface area contributed by atoms with Crippen LogP contribution >= 0.6 is 0 Å². The van der Waals surface area contributed by atoms with Crippen LogP contribution in [0.15, 0.2) is 243 Å². The van der Waals surface area contributed by atoms with Gasteiger partial charge in [0.2, 0.25) is 0 Å². The standard InChI is InChI=1S/C64H44N4/c1-7-19-43(20-8-1)49-32-36-57-54(39-49)55-40-50(44-21-9-2-10-22-44)33-37-58(55)67(57)52-34-38-59-56(42-52)53-35-31-51(45-23-11-3-12-24-45)41-60(53)68(59)64-63(48-29-17-6-18-30-48)65-61(46-25-13-4-14-26-46)62(66-64)47-27-15-5-16-28-47/h1,3-9,11-42H,2,10H2. The Hall–Kier alpha value is -8.86. The molecule has 1 aliphatic carbocycles. The molecule has 0 N–H and O–H groups in total. The second-order valence-electron chi connectivity index (χ2n) is 17.6. The minimum Gasteiger partial charge on any atom is -0.309 e. The Bertz CT molecular complexity index is 3920. The summed E-state index contributed by atoms with van der Waals surface area (Å²) in [7, 11) is 0. The maximum Gasteiger partial charge on any atom is 0.165 e. The molecule has 0 fully saturated rings. The van der Waals surface area contributed by atoms with E-state index in [2.05, 4.69) is 246 Å². The van der Waals surface area contributed by atoms with Gasteiger partial charge in [0.05, 0.1) is 33.5 Å². The van der Waals surface area contributed by atoms with Crippen LogP contribution in [-0.4, -0.2) is 19.1 Å². The summed E-state index contributed by atoms with van der Waals surface area (Å²) < 4.78 is 4.81. The summed E-state index contributed by atoms with van der Waals surface area (Å²) in [5.74, 6) is 0.775. The van der Waals surface area contributed by atoms with E-state index in [-0.39, 0.29) is 0 Å². The van der Waals surface area contributed by atoms with Crippen LogP contribution in [0, 0.1) is 0 Å². The Morgan fingerprint density at radius 3 is 1.37 bits per heavy atom. The first-order valence-electron chi connectivity index (χ1n) is 23.5. The largest absolute Gasteiger partial charge is 0.309 e. The van der Waals surface area contributed by atoms with Crippen molar-refractivity contribution in [2.45, 2.75) is 12.8 Å². The maximum absolute atomic E-state index is 5.76. The summed E-state index contributed by atoms with van der Waals surface area (Å²) in [6.07, 6.45) is 9.09. The second kappa shape index (κ2) is 16.5. The SMILES string of the molecule is C1=CC(c2ccc3c(c2)c2cc(-c4ccccc4)ccc2n3-c2ccc3c(c2)c2ccc(-c4ccccc4)cc2n3-c2nc(-c3ccccc3)c(-c3ccccc3)nc2-c2ccccc2)=CCC1. The highest BCUT2D eigenvalue weighted by Gasteiger charge is 2.24. The lowest BCUT2D eigenvalue weighted by atomic mass is 9.97. The van der Waals surface area contributed by atoms with Crippen molar-refractivity contribution in [3.8, 4) is 67.5 Å². The molecular formula is C64H44N4. The normalized spacial score (nSPS) is 12.6. The molecule has 320 valence electrons. The lowest BCUT2D eigenvalue weighted by Crippen LogP contribution is -2.06. The topological polar surface area (TPSA) is 35.6 Å². The zero-order valence-corrected chi connectivity index (χ0v) is 37.3. The lowest BCUT2D eigenvalue weighted by Gasteiger charge is -2.18. The smallest absolute Gasteiger partial charge is 0.165 e. The highest BCUT2D eigenvalue weighted by molar-refractivity contribution is 6.14. The van der Waals surface area contributed by atoms with Gasteiger partial charge in [-0.1, -0.05) is 194 Å². The van der Waals surface area contributed by atoms with Crippen LogP contribution in [0.25, 0.3) is 117 Å². The third kappa shape index (κ3) is 6.77. The molecule has 0 spiro atoms. The van der Waals surface area contributed by atoms with E-state index in [9.17, 15) is 0 Å². The van der Waals surface area contributed by atoms with E-state index in [0.29, 0.717) is 0 Å². The Balaban J connectivity index is 1.10. The van der Waals surface area contributed by atoms with Gasteiger partial charge in [0.1, 0.15) is 5.69 Å². The van der Waals surface area contributed by atoms with Crippen LogP contribution in [0.5, 0.6) is 0 Å². The number of benzene rings is 9. The van der Waals surface area contributed by atoms with Crippen molar-refractivity contribution in [3.05, 3.63) is 248 Å². The zero-order valence-electron chi connectivity index (χ0n) is 37.3. The average molecular weight is 869 g/mol. The van der Waals surface area contributed by atoms with E-state index >= 15 is 0 Å². The summed E-state index contributed by atoms with van der Waals surface area (Å²) in [4.78, 5) is 11.4. The van der Waals surface area contributed by atoms with Crippen molar-refractivity contribution in [2.75, 3.05) is 0 Å². The molecule has 4 heteroatoms. The second-order valence-corrected chi connectivity index (χ2v) is 17.6. The molecule has 13 rings (SSSR count). The number of aromatic nitrogens is 4. The lowest BCUT2D eigenvalue weighted by molar-refractivity contribution is 1.04. The first kappa shape index (κ1) is 39.5. The van der Waals surface area contributed by atoms with Gasteiger partial charge in [-0.05, 0) is 94.8 Å². The fourth-order valence-electron chi connectivity index (χ4n) is 10.3. The quantitative estimate of drug-likeness (QED) is 0.153. The van der Waals surface area contributed by atoms with Gasteiger partial charge >= 0.3 is 0 Å². The first-order chi connectivity index (χ1) is 33.7. The van der Waals surface area contributed by atoms with Crippen molar-refractivity contribution in [3.63, 3.8) is 0 Å². The van der Waals surface area contributed by atoms with Crippen molar-refractivity contribution < 1.29 is 0 Å². The van der Waals surface area contributed by atoms with Crippen LogP contribution in [0.1, 0.15) is 18.4 Å². The molecule has 0 amide bonds. The van der Waals surface area contributed by atoms with Gasteiger partial charge in [0.25, 0.3) is 0 Å². The predicted octanol–water partition coefficient (Wildman–Crippen LogP) is 16.7. The minimum absolute atomic E-state index is 0.775. The van der Waals surface area contributed by atoms with E-state index in [4.69, 9.17) is 9.97 Å². The van der Waals surface area contributed by atoms with Gasteiger partial charge in [-0.15, -0.1) is 0 Å². The summed E-state index contributed by atoms with van der Waals surface area (Å²) in [5, 5.41) is 4.74. The molecule has 0 unspecified atom stereocenters. The predicted molar refractivity (Wildman–Crippen MR) is 284 cm³/mol. The van der Waals surface area contributed by atoms with E-state index < -0.39 is 0 Å². The number of rotatable bonds is 8. The molecule has 3 aromatic heterocycles. The molecule has 0 radical (unpaired) electrons. The van der Waals surface area contributed by atoms with Gasteiger partial charge in [-0.3, -0.25) is 4.57 Å². The zero-order chi connectivity index (χ0) is 45.0. The number of hydrogen-bond donors (Lipinski definition) is 0. The molecular weight excluding hydrogens is 825 g/mol. The minimum atomic E-state index is 0.775. The molecule has 9 aromatic carbocycles. The van der Waals surface area contributed by atoms with Gasteiger partial charge in [-0.2, -0.15) is 0 Å². The van der Waals surface area contributed by atoms with E-state index in [1.807, 2.05) is 6.07 Å². The average Bonchev–Trinajstić information content (AvgIpc) is 3.93. The van der Waals surface area contributed by atoms with Gasteiger partial charge in [0.15, 0.2) is 5.82 Å². The van der Waals surface area contributed by atoms with Gasteiger partial charge in [-0.25, -0.2) is 9.97 Å². The Morgan fingerprint density at radius 1 is 0.309 bits per heavy atom. The number of allylic oxidation sites excluding steroid dienone is 4. The van der Waals surface area contributed by atoms with Crippen LogP contribution < -0.4 is 0 Å². The van der Waals surface area contributed by atoms with Crippen LogP contribution in [0.3, 0.4) is 0 Å². The van der Waals surface area contributed by atoms with Crippen molar-refractivity contribution in [2.24, 2.45) is 0 Å². The third-order valence-electron chi connectivity index (χ3n) is 13.5. The van der Waals surface area contributed by atoms with Gasteiger partial charge in [0, 0.05) is 43.9 Å². The van der Waals surface area contributed by atoms with Crippen molar-refractivity contribution in [1.82, 2.24) is 19.1 Å². The Labute approximate surface area is 395 Å². The van der Waals surface area contributed by atoms with Crippen LogP contribution in [0.2, 0.25) is 0 Å². The molecule has 0 saturated carbocycles. The Kier molecular flexibility index (Phi) is 9.61.